The second-order valence-electron chi connectivity index (χ2n) is 5.08. The zero-order valence-corrected chi connectivity index (χ0v) is 13.9. The van der Waals surface area contributed by atoms with Crippen LogP contribution in [0.5, 0.6) is 11.5 Å². The monoisotopic (exact) mass is 359 g/mol. The largest absolute Gasteiger partial charge is 0.484 e. The lowest BCUT2D eigenvalue weighted by molar-refractivity contribution is -0.384. The first-order valence-electron chi connectivity index (χ1n) is 7.58. The van der Waals surface area contributed by atoms with Gasteiger partial charge in [-0.15, -0.1) is 0 Å². The van der Waals surface area contributed by atoms with Crippen LogP contribution in [0.2, 0.25) is 0 Å². The van der Waals surface area contributed by atoms with E-state index in [0.29, 0.717) is 11.4 Å². The number of carbonyl (C=O) groups excluding carboxylic acids is 2. The molecule has 0 aliphatic rings. The second-order valence-corrected chi connectivity index (χ2v) is 5.08. The lowest BCUT2D eigenvalue weighted by atomic mass is 10.3. The molecule has 0 spiro atoms. The molecular weight excluding hydrogens is 342 g/mol. The summed E-state index contributed by atoms with van der Waals surface area (Å²) in [6, 6.07) is 12.1. The van der Waals surface area contributed by atoms with Crippen molar-refractivity contribution < 1.29 is 24.0 Å². The number of ether oxygens (including phenoxy) is 2. The number of likely N-dealkylation sites (N-methyl/N-ethyl adjacent to an activating group) is 1. The molecule has 136 valence electrons. The number of rotatable bonds is 8. The number of amides is 2. The van der Waals surface area contributed by atoms with E-state index in [4.69, 9.17) is 9.47 Å². The van der Waals surface area contributed by atoms with E-state index in [2.05, 4.69) is 10.6 Å². The SMILES string of the molecule is CNC(=O)COc1cccc(NC(=O)COc2cccc([N+](=O)[O-])c2)c1. The molecule has 26 heavy (non-hydrogen) atoms. The topological polar surface area (TPSA) is 120 Å². The van der Waals surface area contributed by atoms with Crippen LogP contribution >= 0.6 is 0 Å². The number of nitro groups is 1. The van der Waals surface area contributed by atoms with Gasteiger partial charge in [-0.1, -0.05) is 12.1 Å². The van der Waals surface area contributed by atoms with Crippen LogP contribution in [0, 0.1) is 10.1 Å². The van der Waals surface area contributed by atoms with Crippen molar-refractivity contribution in [1.82, 2.24) is 5.32 Å². The fourth-order valence-corrected chi connectivity index (χ4v) is 1.92. The van der Waals surface area contributed by atoms with Gasteiger partial charge in [0.1, 0.15) is 11.5 Å². The average molecular weight is 359 g/mol. The molecule has 9 heteroatoms. The average Bonchev–Trinajstić information content (AvgIpc) is 2.65. The lowest BCUT2D eigenvalue weighted by Crippen LogP contribution is -2.24. The molecular formula is C17H17N3O6. The first-order chi connectivity index (χ1) is 12.5. The van der Waals surface area contributed by atoms with Crippen molar-refractivity contribution in [3.63, 3.8) is 0 Å². The van der Waals surface area contributed by atoms with Crippen LogP contribution in [-0.2, 0) is 9.59 Å². The van der Waals surface area contributed by atoms with Crippen LogP contribution in [0.25, 0.3) is 0 Å². The van der Waals surface area contributed by atoms with Gasteiger partial charge in [-0.2, -0.15) is 0 Å². The highest BCUT2D eigenvalue weighted by Gasteiger charge is 2.09. The number of non-ortho nitro benzene ring substituents is 1. The molecule has 0 heterocycles. The molecule has 0 radical (unpaired) electrons. The zero-order valence-electron chi connectivity index (χ0n) is 13.9. The molecule has 2 N–H and O–H groups in total. The molecule has 9 nitrogen and oxygen atoms in total. The van der Waals surface area contributed by atoms with Crippen molar-refractivity contribution in [2.75, 3.05) is 25.6 Å². The van der Waals surface area contributed by atoms with E-state index in [9.17, 15) is 19.7 Å². The summed E-state index contributed by atoms with van der Waals surface area (Å²) in [5.74, 6) is -0.0761. The van der Waals surface area contributed by atoms with Gasteiger partial charge in [0.05, 0.1) is 11.0 Å². The van der Waals surface area contributed by atoms with E-state index in [1.807, 2.05) is 0 Å². The Hall–Kier alpha value is -3.62. The first kappa shape index (κ1) is 18.7. The van der Waals surface area contributed by atoms with Crippen LogP contribution in [0.15, 0.2) is 48.5 Å². The van der Waals surface area contributed by atoms with Crippen LogP contribution in [0.3, 0.4) is 0 Å². The summed E-state index contributed by atoms with van der Waals surface area (Å²) in [6.45, 7) is -0.450. The third kappa shape index (κ3) is 5.78. The number of hydrogen-bond acceptors (Lipinski definition) is 6. The summed E-state index contributed by atoms with van der Waals surface area (Å²) in [5.41, 5.74) is 0.343. The summed E-state index contributed by atoms with van der Waals surface area (Å²) in [6.07, 6.45) is 0. The zero-order chi connectivity index (χ0) is 18.9. The minimum atomic E-state index is -0.544. The van der Waals surface area contributed by atoms with Gasteiger partial charge in [0.2, 0.25) is 0 Å². The second kappa shape index (κ2) is 9.02. The molecule has 2 amide bonds. The Labute approximate surface area is 149 Å². The summed E-state index contributed by atoms with van der Waals surface area (Å²) in [5, 5.41) is 15.8. The van der Waals surface area contributed by atoms with Gasteiger partial charge in [-0.25, -0.2) is 0 Å². The Morgan fingerprint density at radius 1 is 1.00 bits per heavy atom. The maximum Gasteiger partial charge on any atom is 0.273 e. The van der Waals surface area contributed by atoms with E-state index in [1.165, 1.54) is 31.3 Å². The molecule has 0 bridgehead atoms. The van der Waals surface area contributed by atoms with Crippen molar-refractivity contribution in [2.24, 2.45) is 0 Å². The molecule has 0 fully saturated rings. The quantitative estimate of drug-likeness (QED) is 0.547. The highest BCUT2D eigenvalue weighted by molar-refractivity contribution is 5.92. The van der Waals surface area contributed by atoms with Crippen molar-refractivity contribution in [2.45, 2.75) is 0 Å². The molecule has 0 aliphatic carbocycles. The molecule has 2 aromatic rings. The number of benzene rings is 2. The van der Waals surface area contributed by atoms with E-state index in [0.717, 1.165) is 0 Å². The maximum absolute atomic E-state index is 12.0. The first-order valence-corrected chi connectivity index (χ1v) is 7.58. The van der Waals surface area contributed by atoms with E-state index in [1.54, 1.807) is 24.3 Å². The molecule has 0 unspecified atom stereocenters. The van der Waals surface area contributed by atoms with Gasteiger partial charge in [0, 0.05) is 24.9 Å². The van der Waals surface area contributed by atoms with Gasteiger partial charge in [-0.3, -0.25) is 19.7 Å². The summed E-state index contributed by atoms with van der Waals surface area (Å²) >= 11 is 0. The third-order valence-electron chi connectivity index (χ3n) is 3.16. The van der Waals surface area contributed by atoms with E-state index in [-0.39, 0.29) is 30.6 Å². The van der Waals surface area contributed by atoms with Crippen molar-refractivity contribution in [3.05, 3.63) is 58.6 Å². The number of hydrogen-bond donors (Lipinski definition) is 2. The summed E-state index contributed by atoms with van der Waals surface area (Å²) in [7, 11) is 1.50. The maximum atomic E-state index is 12.0. The van der Waals surface area contributed by atoms with Crippen LogP contribution in [-0.4, -0.2) is 37.0 Å². The van der Waals surface area contributed by atoms with Crippen LogP contribution in [0.4, 0.5) is 11.4 Å². The number of carbonyl (C=O) groups is 2. The predicted octanol–water partition coefficient (Wildman–Crippen LogP) is 1.74. The van der Waals surface area contributed by atoms with Crippen LogP contribution in [0.1, 0.15) is 0 Å². The Morgan fingerprint density at radius 3 is 2.27 bits per heavy atom. The van der Waals surface area contributed by atoms with Gasteiger partial charge >= 0.3 is 0 Å². The molecule has 0 saturated heterocycles. The van der Waals surface area contributed by atoms with Gasteiger partial charge < -0.3 is 20.1 Å². The van der Waals surface area contributed by atoms with Gasteiger partial charge in [-0.05, 0) is 18.2 Å². The number of anilines is 1. The van der Waals surface area contributed by atoms with E-state index < -0.39 is 10.8 Å². The molecule has 2 aromatic carbocycles. The predicted molar refractivity (Wildman–Crippen MR) is 93.2 cm³/mol. The third-order valence-corrected chi connectivity index (χ3v) is 3.16. The Bertz CT molecular complexity index is 809. The Balaban J connectivity index is 1.88. The van der Waals surface area contributed by atoms with Crippen molar-refractivity contribution >= 4 is 23.2 Å². The fourth-order valence-electron chi connectivity index (χ4n) is 1.92. The molecule has 2 rings (SSSR count). The minimum Gasteiger partial charge on any atom is -0.484 e. The fraction of sp³-hybridized carbons (Fsp3) is 0.176. The summed E-state index contributed by atoms with van der Waals surface area (Å²) in [4.78, 5) is 33.3. The normalized spacial score (nSPS) is 9.88. The van der Waals surface area contributed by atoms with E-state index >= 15 is 0 Å². The molecule has 0 aliphatic heterocycles. The molecule has 0 atom stereocenters. The number of nitrogens with one attached hydrogen (secondary N) is 2. The summed E-state index contributed by atoms with van der Waals surface area (Å²) < 4.78 is 10.5. The smallest absolute Gasteiger partial charge is 0.273 e. The Morgan fingerprint density at radius 2 is 1.62 bits per heavy atom. The van der Waals surface area contributed by atoms with Crippen molar-refractivity contribution in [1.29, 1.82) is 0 Å². The molecule has 0 aromatic heterocycles. The van der Waals surface area contributed by atoms with Gasteiger partial charge in [0.25, 0.3) is 17.5 Å². The standard InChI is InChI=1S/C17H17N3O6/c1-18-16(21)10-25-14-6-2-4-12(8-14)19-17(22)11-26-15-7-3-5-13(9-15)20(23)24/h2-9H,10-11H2,1H3,(H,18,21)(H,19,22). The van der Waals surface area contributed by atoms with Crippen LogP contribution < -0.4 is 20.1 Å². The van der Waals surface area contributed by atoms with Crippen molar-refractivity contribution in [3.8, 4) is 11.5 Å². The lowest BCUT2D eigenvalue weighted by Gasteiger charge is -2.09. The highest BCUT2D eigenvalue weighted by atomic mass is 16.6. The minimum absolute atomic E-state index is 0.121. The Kier molecular flexibility index (Phi) is 6.49. The molecule has 0 saturated carbocycles. The number of nitro benzene ring substituents is 1. The van der Waals surface area contributed by atoms with Gasteiger partial charge in [0.15, 0.2) is 13.2 Å². The number of nitrogens with zero attached hydrogens (tertiary/aromatic N) is 1. The highest BCUT2D eigenvalue weighted by Crippen LogP contribution is 2.20.